The van der Waals surface area contributed by atoms with E-state index >= 15 is 0 Å². The van der Waals surface area contributed by atoms with Gasteiger partial charge in [0.05, 0.1) is 0 Å². The van der Waals surface area contributed by atoms with Gasteiger partial charge in [-0.05, 0) is 57.1 Å². The van der Waals surface area contributed by atoms with Gasteiger partial charge in [0.25, 0.3) is 0 Å². The van der Waals surface area contributed by atoms with Gasteiger partial charge in [-0.1, -0.05) is 48.0 Å². The highest BCUT2D eigenvalue weighted by Crippen LogP contribution is 2.14. The van der Waals surface area contributed by atoms with Gasteiger partial charge in [0.15, 0.2) is 0 Å². The third-order valence-electron chi connectivity index (χ3n) is 3.90. The van der Waals surface area contributed by atoms with Crippen molar-refractivity contribution in [2.45, 2.75) is 32.2 Å². The molecular formula is C21H32N2O. The number of carbonyl (C=O) groups excluding carboxylic acids is 1. The molecule has 0 aliphatic carbocycles. The van der Waals surface area contributed by atoms with Crippen LogP contribution in [-0.4, -0.2) is 37.9 Å². The minimum atomic E-state index is 0.468. The van der Waals surface area contributed by atoms with E-state index < -0.39 is 0 Å². The Bertz CT molecular complexity index is 559. The minimum absolute atomic E-state index is 0.468. The van der Waals surface area contributed by atoms with Crippen molar-refractivity contribution in [2.75, 3.05) is 20.1 Å². The fourth-order valence-electron chi connectivity index (χ4n) is 2.57. The molecule has 1 heterocycles. The molecule has 1 atom stereocenters. The standard InChI is InChI=1S/C11H10.C7H16N2.C2H4.CH2O/c1-9-6-7-10-4-2-3-5-11(10)8-9;1-9-5-2-3-7(8)4-6-9;2*1-2/h2-8H,1H3;7H,2-6,8H2,1H3;1-2H2;1H2. The first kappa shape index (κ1) is 22.0. The first-order valence-electron chi connectivity index (χ1n) is 8.33. The summed E-state index contributed by atoms with van der Waals surface area (Å²) in [4.78, 5) is 10.4. The van der Waals surface area contributed by atoms with Crippen LogP contribution in [0.4, 0.5) is 0 Å². The normalized spacial score (nSPS) is 17.0. The van der Waals surface area contributed by atoms with Gasteiger partial charge >= 0.3 is 0 Å². The number of carbonyl (C=O) groups is 1. The van der Waals surface area contributed by atoms with E-state index in [1.165, 1.54) is 48.7 Å². The highest BCUT2D eigenvalue weighted by molar-refractivity contribution is 5.82. The number of nitrogens with zero attached hydrogens (tertiary/aromatic N) is 1. The van der Waals surface area contributed by atoms with Crippen molar-refractivity contribution in [1.29, 1.82) is 0 Å². The molecule has 1 unspecified atom stereocenters. The maximum absolute atomic E-state index is 8.00. The van der Waals surface area contributed by atoms with Gasteiger partial charge in [-0.3, -0.25) is 0 Å². The van der Waals surface area contributed by atoms with E-state index in [1.54, 1.807) is 0 Å². The second-order valence-corrected chi connectivity index (χ2v) is 5.84. The lowest BCUT2D eigenvalue weighted by Gasteiger charge is -2.11. The summed E-state index contributed by atoms with van der Waals surface area (Å²) in [5.74, 6) is 0. The lowest BCUT2D eigenvalue weighted by molar-refractivity contribution is -0.0979. The quantitative estimate of drug-likeness (QED) is 0.737. The smallest absolute Gasteiger partial charge is 0.106 e. The molecule has 2 N–H and O–H groups in total. The summed E-state index contributed by atoms with van der Waals surface area (Å²) in [6, 6.07) is 15.4. The lowest BCUT2D eigenvalue weighted by Crippen LogP contribution is -2.23. The van der Waals surface area contributed by atoms with E-state index in [-0.39, 0.29) is 0 Å². The molecule has 2 aromatic rings. The number of rotatable bonds is 0. The molecule has 0 spiro atoms. The zero-order chi connectivity index (χ0) is 18.4. The van der Waals surface area contributed by atoms with Crippen molar-refractivity contribution in [3.63, 3.8) is 0 Å². The lowest BCUT2D eigenvalue weighted by atomic mass is 10.1. The molecule has 0 amide bonds. The van der Waals surface area contributed by atoms with Crippen molar-refractivity contribution in [3.8, 4) is 0 Å². The van der Waals surface area contributed by atoms with Crippen LogP contribution < -0.4 is 5.73 Å². The Morgan fingerprint density at radius 3 is 2.29 bits per heavy atom. The Hall–Kier alpha value is -1.97. The fraction of sp³-hybridized carbons (Fsp3) is 0.381. The summed E-state index contributed by atoms with van der Waals surface area (Å²) in [5.41, 5.74) is 7.09. The third kappa shape index (κ3) is 8.61. The average molecular weight is 328 g/mol. The third-order valence-corrected chi connectivity index (χ3v) is 3.90. The van der Waals surface area contributed by atoms with Crippen molar-refractivity contribution in [3.05, 3.63) is 61.2 Å². The van der Waals surface area contributed by atoms with Gasteiger partial charge in [-0.15, -0.1) is 13.2 Å². The van der Waals surface area contributed by atoms with E-state index in [4.69, 9.17) is 10.5 Å². The highest BCUT2D eigenvalue weighted by Gasteiger charge is 2.09. The van der Waals surface area contributed by atoms with Crippen LogP contribution in [0.15, 0.2) is 55.6 Å². The average Bonchev–Trinajstić information content (AvgIpc) is 2.82. The summed E-state index contributed by atoms with van der Waals surface area (Å²) in [7, 11) is 2.16. The topological polar surface area (TPSA) is 46.3 Å². The maximum atomic E-state index is 8.00. The molecule has 3 nitrogen and oxygen atoms in total. The van der Waals surface area contributed by atoms with Crippen LogP contribution in [0.1, 0.15) is 24.8 Å². The molecule has 2 aromatic carbocycles. The molecule has 3 rings (SSSR count). The number of likely N-dealkylation sites (tertiary alicyclic amines) is 1. The second kappa shape index (κ2) is 13.5. The number of hydrogen-bond acceptors (Lipinski definition) is 3. The molecule has 1 fully saturated rings. The van der Waals surface area contributed by atoms with Crippen LogP contribution in [0.25, 0.3) is 10.8 Å². The van der Waals surface area contributed by atoms with Gasteiger partial charge in [0.1, 0.15) is 6.79 Å². The van der Waals surface area contributed by atoms with Crippen molar-refractivity contribution in [2.24, 2.45) is 5.73 Å². The SMILES string of the molecule is C=C.C=O.CN1CCCC(N)CC1.Cc1ccc2ccccc2c1. The fourth-order valence-corrected chi connectivity index (χ4v) is 2.57. The first-order valence-corrected chi connectivity index (χ1v) is 8.33. The highest BCUT2D eigenvalue weighted by atomic mass is 16.1. The Kier molecular flexibility index (Phi) is 12.4. The van der Waals surface area contributed by atoms with Gasteiger partial charge < -0.3 is 15.4 Å². The number of benzene rings is 2. The number of nitrogens with two attached hydrogens (primary N) is 1. The molecule has 0 saturated carbocycles. The predicted molar refractivity (Wildman–Crippen MR) is 106 cm³/mol. The summed E-state index contributed by atoms with van der Waals surface area (Å²) in [6.07, 6.45) is 3.67. The molecule has 132 valence electrons. The number of aryl methyl sites for hydroxylation is 1. The van der Waals surface area contributed by atoms with E-state index in [0.29, 0.717) is 6.04 Å². The van der Waals surface area contributed by atoms with Gasteiger partial charge in [-0.25, -0.2) is 0 Å². The Balaban J connectivity index is 0.000000371. The van der Waals surface area contributed by atoms with Crippen LogP contribution in [0.5, 0.6) is 0 Å². The summed E-state index contributed by atoms with van der Waals surface area (Å²) in [6.45, 7) is 12.5. The van der Waals surface area contributed by atoms with Crippen LogP contribution >= 0.6 is 0 Å². The number of fused-ring (bicyclic) bond motifs is 1. The van der Waals surface area contributed by atoms with Gasteiger partial charge in [0.2, 0.25) is 0 Å². The molecule has 0 aromatic heterocycles. The van der Waals surface area contributed by atoms with Gasteiger partial charge in [-0.2, -0.15) is 0 Å². The predicted octanol–water partition coefficient (Wildman–Crippen LogP) is 4.19. The second-order valence-electron chi connectivity index (χ2n) is 5.84. The van der Waals surface area contributed by atoms with E-state index in [0.717, 1.165) is 0 Å². The molecule has 0 radical (unpaired) electrons. The Labute approximate surface area is 147 Å². The Morgan fingerprint density at radius 2 is 1.62 bits per heavy atom. The van der Waals surface area contributed by atoms with Gasteiger partial charge in [0, 0.05) is 6.04 Å². The van der Waals surface area contributed by atoms with Crippen molar-refractivity contribution >= 4 is 17.6 Å². The maximum Gasteiger partial charge on any atom is 0.106 e. The Morgan fingerprint density at radius 1 is 1.00 bits per heavy atom. The molecule has 24 heavy (non-hydrogen) atoms. The van der Waals surface area contributed by atoms with Crippen molar-refractivity contribution in [1.82, 2.24) is 4.90 Å². The van der Waals surface area contributed by atoms with Crippen molar-refractivity contribution < 1.29 is 4.79 Å². The molecule has 1 aliphatic heterocycles. The first-order chi connectivity index (χ1) is 11.6. The molecular weight excluding hydrogens is 296 g/mol. The van der Waals surface area contributed by atoms with Crippen LogP contribution in [-0.2, 0) is 4.79 Å². The van der Waals surface area contributed by atoms with Crippen LogP contribution in [0.2, 0.25) is 0 Å². The minimum Gasteiger partial charge on any atom is -0.328 e. The molecule has 3 heteroatoms. The molecule has 1 aliphatic rings. The van der Waals surface area contributed by atoms with E-state index in [2.05, 4.69) is 74.5 Å². The van der Waals surface area contributed by atoms with Crippen LogP contribution in [0.3, 0.4) is 0 Å². The van der Waals surface area contributed by atoms with Crippen LogP contribution in [0, 0.1) is 6.92 Å². The summed E-state index contributed by atoms with van der Waals surface area (Å²) >= 11 is 0. The largest absolute Gasteiger partial charge is 0.328 e. The number of hydrogen-bond donors (Lipinski definition) is 1. The van der Waals surface area contributed by atoms with E-state index in [9.17, 15) is 0 Å². The summed E-state index contributed by atoms with van der Waals surface area (Å²) < 4.78 is 0. The zero-order valence-corrected chi connectivity index (χ0v) is 15.2. The monoisotopic (exact) mass is 328 g/mol. The molecule has 1 saturated heterocycles. The summed E-state index contributed by atoms with van der Waals surface area (Å²) in [5, 5.41) is 2.64. The molecule has 0 bridgehead atoms. The zero-order valence-electron chi connectivity index (χ0n) is 15.2. The van der Waals surface area contributed by atoms with E-state index in [1.807, 2.05) is 6.79 Å².